The fourth-order valence-electron chi connectivity index (χ4n) is 2.93. The molecule has 1 amide bonds. The van der Waals surface area contributed by atoms with Crippen LogP contribution in [0.25, 0.3) is 0 Å². The predicted molar refractivity (Wildman–Crippen MR) is 79.9 cm³/mol. The van der Waals surface area contributed by atoms with Crippen molar-refractivity contribution < 1.29 is 9.53 Å². The molecule has 2 N–H and O–H groups in total. The maximum Gasteiger partial charge on any atom is 0.410 e. The number of ether oxygens (including phenoxy) is 1. The van der Waals surface area contributed by atoms with Crippen molar-refractivity contribution in [3.05, 3.63) is 0 Å². The normalized spacial score (nSPS) is 25.6. The third kappa shape index (κ3) is 4.94. The van der Waals surface area contributed by atoms with Gasteiger partial charge in [-0.05, 0) is 59.5 Å². The zero-order chi connectivity index (χ0) is 14.6. The first-order chi connectivity index (χ1) is 9.44. The van der Waals surface area contributed by atoms with Gasteiger partial charge in [-0.15, -0.1) is 0 Å². The summed E-state index contributed by atoms with van der Waals surface area (Å²) in [5, 5.41) is 7.10. The van der Waals surface area contributed by atoms with E-state index in [4.69, 9.17) is 4.74 Å². The van der Waals surface area contributed by atoms with Gasteiger partial charge in [0.1, 0.15) is 5.60 Å². The summed E-state index contributed by atoms with van der Waals surface area (Å²) in [6.07, 6.45) is 4.41. The van der Waals surface area contributed by atoms with Gasteiger partial charge in [-0.1, -0.05) is 0 Å². The number of carbonyl (C=O) groups excluding carboxylic acids is 1. The van der Waals surface area contributed by atoms with Gasteiger partial charge in [0.05, 0.1) is 0 Å². The highest BCUT2D eigenvalue weighted by atomic mass is 16.6. The highest BCUT2D eigenvalue weighted by Crippen LogP contribution is 2.16. The van der Waals surface area contributed by atoms with Crippen LogP contribution < -0.4 is 10.6 Å². The zero-order valence-electron chi connectivity index (χ0n) is 13.1. The summed E-state index contributed by atoms with van der Waals surface area (Å²) in [6, 6.07) is 1.01. The molecule has 0 bridgehead atoms. The Balaban J connectivity index is 1.80. The molecule has 2 fully saturated rings. The van der Waals surface area contributed by atoms with E-state index in [-0.39, 0.29) is 6.09 Å². The van der Waals surface area contributed by atoms with E-state index in [9.17, 15) is 4.79 Å². The van der Waals surface area contributed by atoms with E-state index in [1.807, 2.05) is 25.7 Å². The third-order valence-electron chi connectivity index (χ3n) is 3.88. The molecule has 5 nitrogen and oxygen atoms in total. The van der Waals surface area contributed by atoms with E-state index < -0.39 is 5.60 Å². The number of amides is 1. The molecule has 0 spiro atoms. The van der Waals surface area contributed by atoms with Gasteiger partial charge in [0.2, 0.25) is 0 Å². The lowest BCUT2D eigenvalue weighted by atomic mass is 10.0. The van der Waals surface area contributed by atoms with Crippen molar-refractivity contribution in [1.82, 2.24) is 15.5 Å². The number of hydrogen-bond acceptors (Lipinski definition) is 4. The zero-order valence-corrected chi connectivity index (χ0v) is 13.1. The molecule has 0 radical (unpaired) electrons. The van der Waals surface area contributed by atoms with Gasteiger partial charge in [-0.3, -0.25) is 0 Å². The van der Waals surface area contributed by atoms with E-state index in [0.29, 0.717) is 12.1 Å². The molecule has 0 aromatic heterocycles. The monoisotopic (exact) mass is 283 g/mol. The minimum atomic E-state index is -0.410. The Morgan fingerprint density at radius 3 is 2.55 bits per heavy atom. The number of carbonyl (C=O) groups is 1. The standard InChI is InChI=1S/C15H29N3O2/c1-15(2,3)20-14(19)18-10-4-5-13(11-18)17-12-6-8-16-9-7-12/h12-13,16-17H,4-11H2,1-3H3/t13-/m0/s1. The van der Waals surface area contributed by atoms with Gasteiger partial charge < -0.3 is 20.3 Å². The van der Waals surface area contributed by atoms with E-state index in [2.05, 4.69) is 10.6 Å². The van der Waals surface area contributed by atoms with Crippen LogP contribution in [0.1, 0.15) is 46.5 Å². The average molecular weight is 283 g/mol. The Morgan fingerprint density at radius 2 is 1.90 bits per heavy atom. The summed E-state index contributed by atoms with van der Waals surface area (Å²) < 4.78 is 5.46. The molecule has 116 valence electrons. The fraction of sp³-hybridized carbons (Fsp3) is 0.933. The van der Waals surface area contributed by atoms with Gasteiger partial charge in [-0.2, -0.15) is 0 Å². The first-order valence-electron chi connectivity index (χ1n) is 7.89. The molecule has 0 aromatic rings. The lowest BCUT2D eigenvalue weighted by Crippen LogP contribution is -2.53. The van der Waals surface area contributed by atoms with Gasteiger partial charge in [0.15, 0.2) is 0 Å². The number of piperidine rings is 2. The molecular weight excluding hydrogens is 254 g/mol. The van der Waals surface area contributed by atoms with Crippen molar-refractivity contribution in [2.45, 2.75) is 64.1 Å². The Hall–Kier alpha value is -0.810. The van der Waals surface area contributed by atoms with Gasteiger partial charge in [-0.25, -0.2) is 4.79 Å². The summed E-state index contributed by atoms with van der Waals surface area (Å²) in [5.41, 5.74) is -0.410. The van der Waals surface area contributed by atoms with Crippen molar-refractivity contribution in [2.24, 2.45) is 0 Å². The van der Waals surface area contributed by atoms with Crippen molar-refractivity contribution in [1.29, 1.82) is 0 Å². The molecule has 2 aliphatic heterocycles. The van der Waals surface area contributed by atoms with E-state index >= 15 is 0 Å². The summed E-state index contributed by atoms with van der Waals surface area (Å²) in [5.74, 6) is 0. The Kier molecular flexibility index (Phi) is 5.27. The highest BCUT2D eigenvalue weighted by Gasteiger charge is 2.28. The number of rotatable bonds is 2. The van der Waals surface area contributed by atoms with Crippen LogP contribution in [0.15, 0.2) is 0 Å². The van der Waals surface area contributed by atoms with Gasteiger partial charge in [0.25, 0.3) is 0 Å². The minimum absolute atomic E-state index is 0.172. The van der Waals surface area contributed by atoms with Crippen molar-refractivity contribution in [3.63, 3.8) is 0 Å². The van der Waals surface area contributed by atoms with Crippen LogP contribution in [0.5, 0.6) is 0 Å². The van der Waals surface area contributed by atoms with Crippen LogP contribution >= 0.6 is 0 Å². The molecule has 2 heterocycles. The number of nitrogens with zero attached hydrogens (tertiary/aromatic N) is 1. The second-order valence-corrected chi connectivity index (χ2v) is 6.96. The summed E-state index contributed by atoms with van der Waals surface area (Å²) in [7, 11) is 0. The molecular formula is C15H29N3O2. The number of likely N-dealkylation sites (tertiary alicyclic amines) is 1. The SMILES string of the molecule is CC(C)(C)OC(=O)N1CCC[C@H](NC2CCNCC2)C1. The molecule has 2 saturated heterocycles. The summed E-state index contributed by atoms with van der Waals surface area (Å²) >= 11 is 0. The average Bonchev–Trinajstić information content (AvgIpc) is 2.38. The number of hydrogen-bond donors (Lipinski definition) is 2. The van der Waals surface area contributed by atoms with Crippen molar-refractivity contribution >= 4 is 6.09 Å². The third-order valence-corrected chi connectivity index (χ3v) is 3.88. The van der Waals surface area contributed by atoms with E-state index in [1.54, 1.807) is 0 Å². The molecule has 2 aliphatic rings. The second-order valence-electron chi connectivity index (χ2n) is 6.96. The first-order valence-corrected chi connectivity index (χ1v) is 7.89. The summed E-state index contributed by atoms with van der Waals surface area (Å²) in [6.45, 7) is 9.54. The summed E-state index contributed by atoms with van der Waals surface area (Å²) in [4.78, 5) is 14.0. The molecule has 1 atom stereocenters. The van der Waals surface area contributed by atoms with Crippen LogP contribution in [0.3, 0.4) is 0 Å². The highest BCUT2D eigenvalue weighted by molar-refractivity contribution is 5.68. The number of nitrogens with one attached hydrogen (secondary N) is 2. The largest absolute Gasteiger partial charge is 0.444 e. The van der Waals surface area contributed by atoms with Gasteiger partial charge in [0, 0.05) is 25.2 Å². The lowest BCUT2D eigenvalue weighted by molar-refractivity contribution is 0.0181. The minimum Gasteiger partial charge on any atom is -0.444 e. The Morgan fingerprint density at radius 1 is 1.20 bits per heavy atom. The predicted octanol–water partition coefficient (Wildman–Crippen LogP) is 1.73. The van der Waals surface area contributed by atoms with Crippen LogP contribution in [0.2, 0.25) is 0 Å². The molecule has 0 aromatic carbocycles. The molecule has 2 rings (SSSR count). The van der Waals surface area contributed by atoms with Crippen LogP contribution in [-0.4, -0.2) is 54.9 Å². The molecule has 0 saturated carbocycles. The first kappa shape index (κ1) is 15.6. The molecule has 5 heteroatoms. The lowest BCUT2D eigenvalue weighted by Gasteiger charge is -2.37. The smallest absolute Gasteiger partial charge is 0.410 e. The topological polar surface area (TPSA) is 53.6 Å². The maximum atomic E-state index is 12.1. The Labute approximate surface area is 122 Å². The van der Waals surface area contributed by atoms with Crippen molar-refractivity contribution in [2.75, 3.05) is 26.2 Å². The van der Waals surface area contributed by atoms with Crippen LogP contribution in [-0.2, 0) is 4.74 Å². The van der Waals surface area contributed by atoms with Crippen molar-refractivity contribution in [3.8, 4) is 0 Å². The van der Waals surface area contributed by atoms with Gasteiger partial charge >= 0.3 is 6.09 Å². The fourth-order valence-corrected chi connectivity index (χ4v) is 2.93. The van der Waals surface area contributed by atoms with Crippen LogP contribution in [0.4, 0.5) is 4.79 Å². The Bertz CT molecular complexity index is 322. The molecule has 20 heavy (non-hydrogen) atoms. The second kappa shape index (κ2) is 6.76. The van der Waals surface area contributed by atoms with E-state index in [1.165, 1.54) is 12.8 Å². The van der Waals surface area contributed by atoms with E-state index in [0.717, 1.165) is 39.0 Å². The molecule has 0 aliphatic carbocycles. The quantitative estimate of drug-likeness (QED) is 0.810. The van der Waals surface area contributed by atoms with Crippen LogP contribution in [0, 0.1) is 0 Å². The molecule has 0 unspecified atom stereocenters. The maximum absolute atomic E-state index is 12.1.